The highest BCUT2D eigenvalue weighted by molar-refractivity contribution is 5.68. The van der Waals surface area contributed by atoms with Crippen LogP contribution in [0.2, 0.25) is 0 Å². The number of hydrogen-bond acceptors (Lipinski definition) is 2. The zero-order chi connectivity index (χ0) is 12.0. The fourth-order valence-electron chi connectivity index (χ4n) is 3.92. The fourth-order valence-corrected chi connectivity index (χ4v) is 3.92. The van der Waals surface area contributed by atoms with E-state index in [0.717, 1.165) is 12.3 Å². The molecule has 0 saturated heterocycles. The van der Waals surface area contributed by atoms with E-state index in [0.29, 0.717) is 18.4 Å². The van der Waals surface area contributed by atoms with Gasteiger partial charge in [0, 0.05) is 0 Å². The van der Waals surface area contributed by atoms with Crippen LogP contribution in [-0.4, -0.2) is 17.6 Å². The summed E-state index contributed by atoms with van der Waals surface area (Å²) in [6, 6.07) is 0. The second-order valence-corrected chi connectivity index (χ2v) is 6.30. The predicted octanol–water partition coefficient (Wildman–Crippen LogP) is 2.17. The van der Waals surface area contributed by atoms with Crippen LogP contribution in [0.1, 0.15) is 38.5 Å². The van der Waals surface area contributed by atoms with Crippen LogP contribution in [-0.2, 0) is 4.79 Å². The zero-order valence-electron chi connectivity index (χ0n) is 10.2. The number of carbonyl (C=O) groups is 1. The highest BCUT2D eigenvalue weighted by Crippen LogP contribution is 2.60. The molecule has 0 spiro atoms. The quantitative estimate of drug-likeness (QED) is 0.718. The minimum Gasteiger partial charge on any atom is -0.481 e. The van der Waals surface area contributed by atoms with Crippen molar-refractivity contribution in [2.24, 2.45) is 28.9 Å². The van der Waals surface area contributed by atoms with Gasteiger partial charge in [-0.1, -0.05) is 11.6 Å². The van der Waals surface area contributed by atoms with Gasteiger partial charge in [-0.25, -0.2) is 0 Å². The molecule has 0 bridgehead atoms. The summed E-state index contributed by atoms with van der Waals surface area (Å²) in [5, 5.41) is 9.01. The van der Waals surface area contributed by atoms with Crippen LogP contribution in [0.25, 0.3) is 0 Å². The highest BCUT2D eigenvalue weighted by atomic mass is 16.4. The highest BCUT2D eigenvalue weighted by Gasteiger charge is 2.55. The fraction of sp³-hybridized carbons (Fsp3) is 0.786. The van der Waals surface area contributed by atoms with Gasteiger partial charge in [0.15, 0.2) is 0 Å². The van der Waals surface area contributed by atoms with Gasteiger partial charge in [0.2, 0.25) is 0 Å². The molecule has 3 aliphatic carbocycles. The van der Waals surface area contributed by atoms with Gasteiger partial charge >= 0.3 is 5.97 Å². The molecule has 0 aromatic heterocycles. The number of allylic oxidation sites excluding steroid dienone is 2. The number of aliphatic carboxylic acids is 1. The van der Waals surface area contributed by atoms with Gasteiger partial charge in [-0.3, -0.25) is 4.79 Å². The Bertz CT molecular complexity index is 372. The van der Waals surface area contributed by atoms with Gasteiger partial charge < -0.3 is 10.8 Å². The molecule has 3 rings (SSSR count). The molecule has 0 aliphatic heterocycles. The minimum atomic E-state index is -0.696. The number of carboxylic acids is 1. The molecular weight excluding hydrogens is 214 g/mol. The summed E-state index contributed by atoms with van der Waals surface area (Å²) in [6.07, 6.45) is 8.90. The Morgan fingerprint density at radius 2 is 2.29 bits per heavy atom. The minimum absolute atomic E-state index is 0.123. The van der Waals surface area contributed by atoms with Gasteiger partial charge in [-0.2, -0.15) is 0 Å². The van der Waals surface area contributed by atoms with Crippen molar-refractivity contribution >= 4 is 5.97 Å². The van der Waals surface area contributed by atoms with Crippen molar-refractivity contribution in [3.8, 4) is 0 Å². The molecule has 0 amide bonds. The van der Waals surface area contributed by atoms with E-state index >= 15 is 0 Å². The molecule has 2 saturated carbocycles. The summed E-state index contributed by atoms with van der Waals surface area (Å²) < 4.78 is 0. The average Bonchev–Trinajstić information content (AvgIpc) is 3.00. The predicted molar refractivity (Wildman–Crippen MR) is 65.4 cm³/mol. The molecule has 94 valence electrons. The van der Waals surface area contributed by atoms with Crippen molar-refractivity contribution in [3.63, 3.8) is 0 Å². The van der Waals surface area contributed by atoms with Crippen molar-refractivity contribution in [3.05, 3.63) is 11.6 Å². The lowest BCUT2D eigenvalue weighted by Gasteiger charge is -2.51. The summed E-state index contributed by atoms with van der Waals surface area (Å²) in [5.41, 5.74) is 7.30. The monoisotopic (exact) mass is 235 g/mol. The summed E-state index contributed by atoms with van der Waals surface area (Å²) in [5.74, 6) is 1.40. The van der Waals surface area contributed by atoms with Crippen molar-refractivity contribution in [1.29, 1.82) is 0 Å². The Hall–Kier alpha value is -0.830. The van der Waals surface area contributed by atoms with Crippen LogP contribution in [0.5, 0.6) is 0 Å². The van der Waals surface area contributed by atoms with Gasteiger partial charge in [0.05, 0.1) is 6.42 Å². The maximum Gasteiger partial charge on any atom is 0.303 e. The Kier molecular flexibility index (Phi) is 2.54. The first kappa shape index (κ1) is 11.3. The van der Waals surface area contributed by atoms with Crippen molar-refractivity contribution in [2.75, 3.05) is 6.54 Å². The molecule has 0 aromatic carbocycles. The van der Waals surface area contributed by atoms with Gasteiger partial charge in [-0.05, 0) is 61.8 Å². The van der Waals surface area contributed by atoms with Crippen LogP contribution in [0, 0.1) is 23.2 Å². The first-order chi connectivity index (χ1) is 8.13. The number of nitrogens with two attached hydrogens (primary N) is 1. The molecule has 0 heterocycles. The standard InChI is InChI=1S/C14H21NO2/c15-8-14(7-13(16)17)6-11-4-10(5-12(11)14)3-9-1-2-9/h5,9,11-12H,1-4,6-8,15H2,(H,16,17)/t11-,12-,14-/m1/s1. The Labute approximate surface area is 102 Å². The average molecular weight is 235 g/mol. The topological polar surface area (TPSA) is 63.3 Å². The van der Waals surface area contributed by atoms with Gasteiger partial charge in [-0.15, -0.1) is 0 Å². The summed E-state index contributed by atoms with van der Waals surface area (Å²) in [7, 11) is 0. The third-order valence-corrected chi connectivity index (χ3v) is 4.98. The van der Waals surface area contributed by atoms with Crippen LogP contribution in [0.4, 0.5) is 0 Å². The van der Waals surface area contributed by atoms with E-state index < -0.39 is 5.97 Å². The normalized spacial score (nSPS) is 39.5. The van der Waals surface area contributed by atoms with Gasteiger partial charge in [0.1, 0.15) is 0 Å². The number of carboxylic acid groups (broad SMARTS) is 1. The third kappa shape index (κ3) is 1.90. The summed E-state index contributed by atoms with van der Waals surface area (Å²) in [6.45, 7) is 0.522. The van der Waals surface area contributed by atoms with Crippen LogP contribution in [0.15, 0.2) is 11.6 Å². The molecule has 3 atom stereocenters. The maximum atomic E-state index is 10.9. The lowest BCUT2D eigenvalue weighted by atomic mass is 9.53. The summed E-state index contributed by atoms with van der Waals surface area (Å²) in [4.78, 5) is 10.9. The molecule has 0 unspecified atom stereocenters. The molecule has 0 aromatic rings. The van der Waals surface area contributed by atoms with Crippen molar-refractivity contribution in [1.82, 2.24) is 0 Å². The summed E-state index contributed by atoms with van der Waals surface area (Å²) >= 11 is 0. The smallest absolute Gasteiger partial charge is 0.303 e. The van der Waals surface area contributed by atoms with E-state index in [1.807, 2.05) is 0 Å². The van der Waals surface area contributed by atoms with E-state index in [-0.39, 0.29) is 11.8 Å². The van der Waals surface area contributed by atoms with E-state index in [1.54, 1.807) is 5.57 Å². The molecule has 3 nitrogen and oxygen atoms in total. The second kappa shape index (κ2) is 3.84. The second-order valence-electron chi connectivity index (χ2n) is 6.30. The Balaban J connectivity index is 1.69. The van der Waals surface area contributed by atoms with Crippen LogP contribution >= 0.6 is 0 Å². The zero-order valence-corrected chi connectivity index (χ0v) is 10.2. The largest absolute Gasteiger partial charge is 0.481 e. The Morgan fingerprint density at radius 1 is 1.53 bits per heavy atom. The van der Waals surface area contributed by atoms with Crippen molar-refractivity contribution in [2.45, 2.75) is 38.5 Å². The molecule has 0 radical (unpaired) electrons. The molecule has 3 N–H and O–H groups in total. The van der Waals surface area contributed by atoms with E-state index in [2.05, 4.69) is 6.08 Å². The van der Waals surface area contributed by atoms with E-state index in [1.165, 1.54) is 25.7 Å². The van der Waals surface area contributed by atoms with Crippen LogP contribution in [0.3, 0.4) is 0 Å². The third-order valence-electron chi connectivity index (χ3n) is 4.98. The number of hydrogen-bond donors (Lipinski definition) is 2. The first-order valence-electron chi connectivity index (χ1n) is 6.74. The van der Waals surface area contributed by atoms with E-state index in [9.17, 15) is 4.79 Å². The molecule has 3 aliphatic rings. The lowest BCUT2D eigenvalue weighted by molar-refractivity contribution is -0.144. The number of fused-ring (bicyclic) bond motifs is 1. The molecular formula is C14H21NO2. The van der Waals surface area contributed by atoms with E-state index in [4.69, 9.17) is 10.8 Å². The lowest BCUT2D eigenvalue weighted by Crippen LogP contribution is -2.51. The van der Waals surface area contributed by atoms with Crippen LogP contribution < -0.4 is 5.73 Å². The Morgan fingerprint density at radius 3 is 2.88 bits per heavy atom. The number of rotatable bonds is 5. The van der Waals surface area contributed by atoms with Crippen molar-refractivity contribution < 1.29 is 9.90 Å². The van der Waals surface area contributed by atoms with Gasteiger partial charge in [0.25, 0.3) is 0 Å². The molecule has 3 heteroatoms. The first-order valence-corrected chi connectivity index (χ1v) is 6.74. The SMILES string of the molecule is NC[C@]1(CC(=O)O)C[C@H]2CC(CC3CC3)=C[C@H]21. The molecule has 17 heavy (non-hydrogen) atoms. The molecule has 2 fully saturated rings. The maximum absolute atomic E-state index is 10.9.